The summed E-state index contributed by atoms with van der Waals surface area (Å²) in [5.74, 6) is 1.26. The van der Waals surface area contributed by atoms with Gasteiger partial charge in [-0.2, -0.15) is 0 Å². The summed E-state index contributed by atoms with van der Waals surface area (Å²) in [6, 6.07) is 1.22. The number of rotatable bonds is 2. The highest BCUT2D eigenvalue weighted by molar-refractivity contribution is 6.52. The van der Waals surface area contributed by atoms with Crippen LogP contribution in [0.1, 0.15) is 33.4 Å². The molecule has 1 aliphatic rings. The van der Waals surface area contributed by atoms with E-state index in [9.17, 15) is 4.39 Å². The zero-order chi connectivity index (χ0) is 14.3. The molecule has 6 heteroatoms. The third kappa shape index (κ3) is 2.99. The Morgan fingerprint density at radius 1 is 1.26 bits per heavy atom. The molecule has 1 fully saturated rings. The van der Waals surface area contributed by atoms with Crippen molar-refractivity contribution >= 4 is 24.8 Å². The van der Waals surface area contributed by atoms with Gasteiger partial charge in [0.25, 0.3) is 0 Å². The van der Waals surface area contributed by atoms with Gasteiger partial charge in [0.2, 0.25) is 0 Å². The van der Waals surface area contributed by atoms with Crippen molar-refractivity contribution < 1.29 is 13.7 Å². The molecule has 102 valence electrons. The molecule has 1 saturated heterocycles. The topological polar surface area (TPSA) is 31.4 Å². The summed E-state index contributed by atoms with van der Waals surface area (Å²) in [4.78, 5) is 3.91. The lowest BCUT2D eigenvalue weighted by Gasteiger charge is -2.32. The highest BCUT2D eigenvalue weighted by Crippen LogP contribution is 2.37. The maximum atomic E-state index is 12.9. The molecule has 0 aromatic carbocycles. The lowest BCUT2D eigenvalue weighted by molar-refractivity contribution is 0.00578. The van der Waals surface area contributed by atoms with Gasteiger partial charge >= 0.3 is 7.12 Å². The number of hydrogen-bond acceptors (Lipinski definition) is 3. The molecule has 0 saturated carbocycles. The van der Waals surface area contributed by atoms with Crippen molar-refractivity contribution in [2.75, 3.05) is 0 Å². The molecule has 19 heavy (non-hydrogen) atoms. The van der Waals surface area contributed by atoms with E-state index in [1.54, 1.807) is 12.1 Å². The first kappa shape index (κ1) is 14.5. The van der Waals surface area contributed by atoms with Gasteiger partial charge in [-0.15, -0.1) is 0 Å². The Kier molecular flexibility index (Phi) is 3.73. The molecule has 2 rings (SSSR count). The second kappa shape index (κ2) is 4.89. The standard InChI is InChI=1S/C13H16BClFNO2/c1-12(2)13(3,4)19-14(18-12)6-5-11-10(15)7-9(16)8-17-11/h5-8H,1-4H3/b6-5+. The number of pyridine rings is 1. The smallest absolute Gasteiger partial charge is 0.400 e. The molecule has 0 amide bonds. The summed E-state index contributed by atoms with van der Waals surface area (Å²) in [6.07, 6.45) is 2.79. The number of aromatic nitrogens is 1. The molecule has 0 aliphatic carbocycles. The van der Waals surface area contributed by atoms with Gasteiger partial charge in [-0.1, -0.05) is 17.6 Å². The number of nitrogens with zero attached hydrogens (tertiary/aromatic N) is 1. The van der Waals surface area contributed by atoms with Crippen LogP contribution in [0.2, 0.25) is 5.02 Å². The summed E-state index contributed by atoms with van der Waals surface area (Å²) < 4.78 is 24.5. The quantitative estimate of drug-likeness (QED) is 0.778. The number of halogens is 2. The zero-order valence-corrected chi connectivity index (χ0v) is 12.2. The first-order chi connectivity index (χ1) is 8.71. The van der Waals surface area contributed by atoms with Crippen LogP contribution in [0.15, 0.2) is 18.2 Å². The van der Waals surface area contributed by atoms with Gasteiger partial charge in [0.1, 0.15) is 5.82 Å². The third-order valence-electron chi connectivity index (χ3n) is 3.52. The first-order valence-corrected chi connectivity index (χ1v) is 6.44. The highest BCUT2D eigenvalue weighted by Gasteiger charge is 2.50. The van der Waals surface area contributed by atoms with Crippen LogP contribution < -0.4 is 0 Å². The summed E-state index contributed by atoms with van der Waals surface area (Å²) in [5.41, 5.74) is -0.290. The zero-order valence-electron chi connectivity index (χ0n) is 11.4. The molecular formula is C13H16BClFNO2. The first-order valence-electron chi connectivity index (χ1n) is 6.06. The molecule has 0 spiro atoms. The lowest BCUT2D eigenvalue weighted by Crippen LogP contribution is -2.41. The predicted molar refractivity (Wildman–Crippen MR) is 74.3 cm³/mol. The Bertz CT molecular complexity index is 503. The average Bonchev–Trinajstić information content (AvgIpc) is 2.46. The second-order valence-corrected chi connectivity index (χ2v) is 5.91. The van der Waals surface area contributed by atoms with Crippen LogP contribution >= 0.6 is 11.6 Å². The highest BCUT2D eigenvalue weighted by atomic mass is 35.5. The van der Waals surface area contributed by atoms with Crippen LogP contribution in [0, 0.1) is 5.82 Å². The Labute approximate surface area is 117 Å². The van der Waals surface area contributed by atoms with Crippen LogP contribution in [0.4, 0.5) is 4.39 Å². The normalized spacial score (nSPS) is 21.3. The average molecular weight is 284 g/mol. The third-order valence-corrected chi connectivity index (χ3v) is 3.82. The minimum absolute atomic E-state index is 0.257. The van der Waals surface area contributed by atoms with Crippen LogP contribution in [0.25, 0.3) is 6.08 Å². The summed E-state index contributed by atoms with van der Waals surface area (Å²) in [6.45, 7) is 7.90. The molecular weight excluding hydrogens is 267 g/mol. The van der Waals surface area contributed by atoms with E-state index in [1.807, 2.05) is 27.7 Å². The van der Waals surface area contributed by atoms with Crippen LogP contribution in [0.5, 0.6) is 0 Å². The Morgan fingerprint density at radius 3 is 2.37 bits per heavy atom. The fraction of sp³-hybridized carbons (Fsp3) is 0.462. The summed E-state index contributed by atoms with van der Waals surface area (Å²) in [5, 5.41) is 0.257. The number of hydrogen-bond donors (Lipinski definition) is 0. The van der Waals surface area contributed by atoms with Crippen LogP contribution in [-0.4, -0.2) is 23.3 Å². The lowest BCUT2D eigenvalue weighted by atomic mass is 9.89. The molecule has 0 radical (unpaired) electrons. The maximum Gasteiger partial charge on any atom is 0.487 e. The largest absolute Gasteiger partial charge is 0.487 e. The molecule has 3 nitrogen and oxygen atoms in total. The van der Waals surface area contributed by atoms with E-state index >= 15 is 0 Å². The van der Waals surface area contributed by atoms with Crippen molar-refractivity contribution in [2.24, 2.45) is 0 Å². The van der Waals surface area contributed by atoms with Crippen LogP contribution in [-0.2, 0) is 9.31 Å². The molecule has 2 heterocycles. The molecule has 1 aromatic rings. The summed E-state index contributed by atoms with van der Waals surface area (Å²) >= 11 is 5.89. The predicted octanol–water partition coefficient (Wildman–Crippen LogP) is 3.52. The van der Waals surface area contributed by atoms with Gasteiger partial charge in [-0.25, -0.2) is 4.39 Å². The van der Waals surface area contributed by atoms with E-state index in [4.69, 9.17) is 20.9 Å². The SMILES string of the molecule is CC1(C)OB(/C=C/c2ncc(F)cc2Cl)OC1(C)C. The molecule has 0 bridgehead atoms. The van der Waals surface area contributed by atoms with Gasteiger partial charge in [0.15, 0.2) is 0 Å². The van der Waals surface area contributed by atoms with E-state index in [-0.39, 0.29) is 16.2 Å². The molecule has 0 atom stereocenters. The minimum Gasteiger partial charge on any atom is -0.400 e. The second-order valence-electron chi connectivity index (χ2n) is 5.50. The van der Waals surface area contributed by atoms with Crippen molar-refractivity contribution in [2.45, 2.75) is 38.9 Å². The van der Waals surface area contributed by atoms with Gasteiger partial charge in [-0.3, -0.25) is 4.98 Å². The minimum atomic E-state index is -0.465. The fourth-order valence-corrected chi connectivity index (χ4v) is 1.90. The van der Waals surface area contributed by atoms with Crippen molar-refractivity contribution in [3.8, 4) is 0 Å². The van der Waals surface area contributed by atoms with Crippen molar-refractivity contribution in [1.29, 1.82) is 0 Å². The van der Waals surface area contributed by atoms with Gasteiger partial charge in [0.05, 0.1) is 28.1 Å². The van der Waals surface area contributed by atoms with Crippen molar-refractivity contribution in [3.05, 3.63) is 34.8 Å². The van der Waals surface area contributed by atoms with Crippen molar-refractivity contribution in [3.63, 3.8) is 0 Å². The Morgan fingerprint density at radius 2 is 1.84 bits per heavy atom. The van der Waals surface area contributed by atoms with E-state index in [0.29, 0.717) is 5.69 Å². The van der Waals surface area contributed by atoms with Crippen molar-refractivity contribution in [1.82, 2.24) is 4.98 Å². The maximum absolute atomic E-state index is 12.9. The van der Waals surface area contributed by atoms with E-state index in [1.165, 1.54) is 6.07 Å². The van der Waals surface area contributed by atoms with E-state index in [2.05, 4.69) is 4.98 Å². The summed E-state index contributed by atoms with van der Waals surface area (Å²) in [7, 11) is -0.465. The molecule has 1 aliphatic heterocycles. The fourth-order valence-electron chi connectivity index (χ4n) is 1.68. The van der Waals surface area contributed by atoms with Crippen LogP contribution in [0.3, 0.4) is 0 Å². The molecule has 0 unspecified atom stereocenters. The van der Waals surface area contributed by atoms with Gasteiger partial charge in [0, 0.05) is 0 Å². The molecule has 0 N–H and O–H groups in total. The Balaban J connectivity index is 2.13. The van der Waals surface area contributed by atoms with Gasteiger partial charge < -0.3 is 9.31 Å². The monoisotopic (exact) mass is 283 g/mol. The Hall–Kier alpha value is -0.905. The van der Waals surface area contributed by atoms with Gasteiger partial charge in [-0.05, 0) is 39.8 Å². The molecule has 1 aromatic heterocycles. The van der Waals surface area contributed by atoms with E-state index < -0.39 is 12.9 Å². The van der Waals surface area contributed by atoms with E-state index in [0.717, 1.165) is 6.20 Å².